The van der Waals surface area contributed by atoms with Crippen molar-refractivity contribution in [3.8, 4) is 0 Å². The number of carbonyl (C=O) groups excluding carboxylic acids is 1. The summed E-state index contributed by atoms with van der Waals surface area (Å²) in [6.07, 6.45) is 4.22. The number of hydrogen-bond acceptors (Lipinski definition) is 3. The zero-order valence-corrected chi connectivity index (χ0v) is 14.9. The highest BCUT2D eigenvalue weighted by molar-refractivity contribution is 9.10. The van der Waals surface area contributed by atoms with Gasteiger partial charge in [-0.2, -0.15) is 0 Å². The SMILES string of the molecule is O=C(NCc1ccnc(N2CCCC2)c1)c1cc(Br)ccc1Cl. The molecule has 1 N–H and O–H groups in total. The van der Waals surface area contributed by atoms with E-state index in [1.54, 1.807) is 18.3 Å². The molecular weight excluding hydrogens is 378 g/mol. The van der Waals surface area contributed by atoms with Gasteiger partial charge in [-0.05, 0) is 48.7 Å². The van der Waals surface area contributed by atoms with Crippen LogP contribution in [0.5, 0.6) is 0 Å². The summed E-state index contributed by atoms with van der Waals surface area (Å²) in [6.45, 7) is 2.55. The topological polar surface area (TPSA) is 45.2 Å². The molecule has 1 aliphatic rings. The number of anilines is 1. The van der Waals surface area contributed by atoms with Crippen LogP contribution in [0.15, 0.2) is 41.0 Å². The average molecular weight is 395 g/mol. The minimum atomic E-state index is -0.184. The molecule has 0 bridgehead atoms. The average Bonchev–Trinajstić information content (AvgIpc) is 3.10. The van der Waals surface area contributed by atoms with E-state index in [1.165, 1.54) is 12.8 Å². The lowest BCUT2D eigenvalue weighted by atomic mass is 10.2. The Hall–Kier alpha value is -1.59. The van der Waals surface area contributed by atoms with Gasteiger partial charge in [-0.3, -0.25) is 4.79 Å². The molecule has 0 aliphatic carbocycles. The zero-order chi connectivity index (χ0) is 16.2. The Morgan fingerprint density at radius 1 is 1.26 bits per heavy atom. The molecule has 2 aromatic rings. The summed E-state index contributed by atoms with van der Waals surface area (Å²) in [5.41, 5.74) is 1.50. The van der Waals surface area contributed by atoms with E-state index >= 15 is 0 Å². The maximum absolute atomic E-state index is 12.3. The monoisotopic (exact) mass is 393 g/mol. The van der Waals surface area contributed by atoms with E-state index < -0.39 is 0 Å². The van der Waals surface area contributed by atoms with Crippen molar-refractivity contribution < 1.29 is 4.79 Å². The smallest absolute Gasteiger partial charge is 0.253 e. The maximum Gasteiger partial charge on any atom is 0.253 e. The number of pyridine rings is 1. The third-order valence-corrected chi connectivity index (χ3v) is 4.69. The molecule has 0 atom stereocenters. The Morgan fingerprint density at radius 2 is 2.04 bits per heavy atom. The summed E-state index contributed by atoms with van der Waals surface area (Å²) in [4.78, 5) is 19.0. The molecule has 1 saturated heterocycles. The van der Waals surface area contributed by atoms with Gasteiger partial charge in [-0.15, -0.1) is 0 Å². The second-order valence-electron chi connectivity index (χ2n) is 5.52. The van der Waals surface area contributed by atoms with Crippen molar-refractivity contribution in [3.63, 3.8) is 0 Å². The molecule has 3 rings (SSSR count). The van der Waals surface area contributed by atoms with Gasteiger partial charge in [0.1, 0.15) is 5.82 Å². The first-order valence-corrected chi connectivity index (χ1v) is 8.74. The third-order valence-electron chi connectivity index (χ3n) is 3.87. The van der Waals surface area contributed by atoms with Gasteiger partial charge in [-0.25, -0.2) is 4.98 Å². The van der Waals surface area contributed by atoms with Crippen LogP contribution >= 0.6 is 27.5 Å². The van der Waals surface area contributed by atoms with E-state index in [0.717, 1.165) is 28.9 Å². The number of nitrogens with one attached hydrogen (secondary N) is 1. The first kappa shape index (κ1) is 16.3. The van der Waals surface area contributed by atoms with Gasteiger partial charge in [0.05, 0.1) is 10.6 Å². The van der Waals surface area contributed by atoms with Crippen LogP contribution in [0.2, 0.25) is 5.02 Å². The Kier molecular flexibility index (Phi) is 5.18. The van der Waals surface area contributed by atoms with Gasteiger partial charge in [0.2, 0.25) is 0 Å². The molecule has 4 nitrogen and oxygen atoms in total. The fraction of sp³-hybridized carbons (Fsp3) is 0.294. The number of amides is 1. The zero-order valence-electron chi connectivity index (χ0n) is 12.6. The fourth-order valence-corrected chi connectivity index (χ4v) is 3.20. The van der Waals surface area contributed by atoms with E-state index in [2.05, 4.69) is 31.1 Å². The minimum Gasteiger partial charge on any atom is -0.357 e. The van der Waals surface area contributed by atoms with Crippen LogP contribution < -0.4 is 10.2 Å². The molecule has 0 saturated carbocycles. The number of benzene rings is 1. The van der Waals surface area contributed by atoms with Gasteiger partial charge >= 0.3 is 0 Å². The Balaban J connectivity index is 1.67. The Bertz CT molecular complexity index is 717. The summed E-state index contributed by atoms with van der Waals surface area (Å²) < 4.78 is 0.826. The molecule has 23 heavy (non-hydrogen) atoms. The van der Waals surface area contributed by atoms with Crippen molar-refractivity contribution >= 4 is 39.3 Å². The Labute approximate surface area is 149 Å². The van der Waals surface area contributed by atoms with Crippen molar-refractivity contribution in [2.75, 3.05) is 18.0 Å². The van der Waals surface area contributed by atoms with E-state index in [9.17, 15) is 4.79 Å². The molecule has 1 aliphatic heterocycles. The second-order valence-corrected chi connectivity index (χ2v) is 6.85. The standard InChI is InChI=1S/C17H17BrClN3O/c18-13-3-4-15(19)14(10-13)17(23)21-11-12-5-6-20-16(9-12)22-7-1-2-8-22/h3-6,9-10H,1-2,7-8,11H2,(H,21,23). The number of aromatic nitrogens is 1. The largest absolute Gasteiger partial charge is 0.357 e. The number of rotatable bonds is 4. The molecule has 6 heteroatoms. The van der Waals surface area contributed by atoms with Gasteiger partial charge in [0, 0.05) is 30.3 Å². The lowest BCUT2D eigenvalue weighted by Gasteiger charge is -2.17. The van der Waals surface area contributed by atoms with Gasteiger partial charge in [0.15, 0.2) is 0 Å². The van der Waals surface area contributed by atoms with Crippen LogP contribution in [0.25, 0.3) is 0 Å². The first-order valence-electron chi connectivity index (χ1n) is 7.56. The Morgan fingerprint density at radius 3 is 2.83 bits per heavy atom. The van der Waals surface area contributed by atoms with Crippen LogP contribution in [0, 0.1) is 0 Å². The van der Waals surface area contributed by atoms with Crippen molar-refractivity contribution in [2.24, 2.45) is 0 Å². The molecule has 120 valence electrons. The van der Waals surface area contributed by atoms with E-state index in [1.807, 2.05) is 18.2 Å². The molecule has 0 spiro atoms. The number of hydrogen-bond donors (Lipinski definition) is 1. The van der Waals surface area contributed by atoms with E-state index in [0.29, 0.717) is 17.1 Å². The predicted octanol–water partition coefficient (Wildman–Crippen LogP) is 4.03. The molecular formula is C17H17BrClN3O. The minimum absolute atomic E-state index is 0.184. The van der Waals surface area contributed by atoms with Gasteiger partial charge < -0.3 is 10.2 Å². The van der Waals surface area contributed by atoms with Crippen molar-refractivity contribution in [3.05, 3.63) is 57.2 Å². The molecule has 1 fully saturated rings. The molecule has 1 amide bonds. The van der Waals surface area contributed by atoms with Crippen molar-refractivity contribution in [2.45, 2.75) is 19.4 Å². The predicted molar refractivity (Wildman–Crippen MR) is 96.0 cm³/mol. The van der Waals surface area contributed by atoms with Crippen LogP contribution in [0.4, 0.5) is 5.82 Å². The highest BCUT2D eigenvalue weighted by Gasteiger charge is 2.14. The molecule has 1 aromatic carbocycles. The maximum atomic E-state index is 12.3. The van der Waals surface area contributed by atoms with Crippen LogP contribution in [0.1, 0.15) is 28.8 Å². The summed E-state index contributed by atoms with van der Waals surface area (Å²) in [5.74, 6) is 0.797. The quantitative estimate of drug-likeness (QED) is 0.851. The third kappa shape index (κ3) is 4.03. The summed E-state index contributed by atoms with van der Waals surface area (Å²) in [6, 6.07) is 9.19. The summed E-state index contributed by atoms with van der Waals surface area (Å²) in [7, 11) is 0. The second kappa shape index (κ2) is 7.32. The molecule has 1 aromatic heterocycles. The number of carbonyl (C=O) groups is 1. The van der Waals surface area contributed by atoms with Gasteiger partial charge in [-0.1, -0.05) is 27.5 Å². The lowest BCUT2D eigenvalue weighted by Crippen LogP contribution is -2.24. The molecule has 0 radical (unpaired) electrons. The van der Waals surface area contributed by atoms with E-state index in [4.69, 9.17) is 11.6 Å². The number of halogens is 2. The van der Waals surface area contributed by atoms with Crippen LogP contribution in [-0.2, 0) is 6.54 Å². The molecule has 2 heterocycles. The van der Waals surface area contributed by atoms with Crippen molar-refractivity contribution in [1.29, 1.82) is 0 Å². The fourth-order valence-electron chi connectivity index (χ4n) is 2.64. The highest BCUT2D eigenvalue weighted by Crippen LogP contribution is 2.21. The summed E-state index contributed by atoms with van der Waals surface area (Å²) in [5, 5.41) is 3.35. The highest BCUT2D eigenvalue weighted by atomic mass is 79.9. The molecule has 0 unspecified atom stereocenters. The summed E-state index contributed by atoms with van der Waals surface area (Å²) >= 11 is 9.44. The normalized spacial score (nSPS) is 14.1. The number of nitrogens with zero attached hydrogens (tertiary/aromatic N) is 2. The lowest BCUT2D eigenvalue weighted by molar-refractivity contribution is 0.0951. The van der Waals surface area contributed by atoms with Crippen LogP contribution in [-0.4, -0.2) is 24.0 Å². The van der Waals surface area contributed by atoms with Crippen molar-refractivity contribution in [1.82, 2.24) is 10.3 Å². The van der Waals surface area contributed by atoms with Gasteiger partial charge in [0.25, 0.3) is 5.91 Å². The first-order chi connectivity index (χ1) is 11.1. The van der Waals surface area contributed by atoms with E-state index in [-0.39, 0.29) is 5.91 Å². The van der Waals surface area contributed by atoms with Crippen LogP contribution in [0.3, 0.4) is 0 Å².